The molecule has 0 aromatic heterocycles. The largest absolute Gasteiger partial charge is 0.508 e. The highest BCUT2D eigenvalue weighted by Gasteiger charge is 2.53. The molecule has 16 N–H and O–H groups in total. The van der Waals surface area contributed by atoms with Crippen molar-refractivity contribution in [3.63, 3.8) is 0 Å². The molecule has 12 aromatic carbocycles. The molecule has 3 aliphatic heterocycles. The number of benzene rings is 12. The minimum absolute atomic E-state index is 0.0102. The highest BCUT2D eigenvalue weighted by molar-refractivity contribution is 6.09. The fourth-order valence-electron chi connectivity index (χ4n) is 16.0. The Bertz CT molecular complexity index is 5760. The maximum absolute atomic E-state index is 15.7. The standard InChI is InChI=1S/C90H70O22/c91-50-13-1-44(2-14-50)35-68-85(86(109)62-28-24-57(98)40-74(62)105)89(49-11-19-53(94)20-12-49)112-90(68)64-42-63(75(106)43-76(64)107)82(84-66-34-46(4-30-70(101)60-26-22-55(96)38-72(60)103)6-32-79(66)111-88(84)48-9-17-52(93)18-10-48)81-67(36-58(99)41-77(81)108)80(61-27-23-56(97)39-73(61)104)83-65-33-45(3-29-69(100)59-25-21-54(95)37-71(59)102)5-31-78(65)110-87(83)47-7-15-51(92)16-8-47/h1-34,36-43,68,80,82-85,87-99,102-108H,35H2. The number of aromatic hydroxyl groups is 16. The number of ketones is 3. The van der Waals surface area contributed by atoms with Crippen molar-refractivity contribution in [2.75, 3.05) is 0 Å². The van der Waals surface area contributed by atoms with Gasteiger partial charge in [0.15, 0.2) is 17.3 Å². The number of Topliss-reactive ketones (excluding diaryl/α,β-unsaturated/α-hetero) is 1. The number of ether oxygens (including phenoxy) is 3. The average molecular weight is 1500 g/mol. The van der Waals surface area contributed by atoms with Crippen molar-refractivity contribution >= 4 is 29.5 Å². The molecule has 15 rings (SSSR count). The first-order valence-corrected chi connectivity index (χ1v) is 35.4. The topological polar surface area (TPSA) is 403 Å². The zero-order valence-corrected chi connectivity index (χ0v) is 58.8. The molecule has 562 valence electrons. The van der Waals surface area contributed by atoms with Crippen LogP contribution in [-0.2, 0) is 11.2 Å². The number of carbonyl (C=O) groups is 3. The Morgan fingerprint density at radius 1 is 0.321 bits per heavy atom. The molecule has 10 unspecified atom stereocenters. The molecule has 12 aromatic rings. The van der Waals surface area contributed by atoms with Crippen molar-refractivity contribution < 1.29 is 110 Å². The van der Waals surface area contributed by atoms with Gasteiger partial charge in [0.25, 0.3) is 0 Å². The second-order valence-electron chi connectivity index (χ2n) is 28.0. The van der Waals surface area contributed by atoms with Gasteiger partial charge in [-0.15, -0.1) is 0 Å². The van der Waals surface area contributed by atoms with Crippen molar-refractivity contribution in [3.8, 4) is 103 Å². The SMILES string of the molecule is O=C(C=Cc1ccc2c(c1)C(C(c1ccc(O)cc1O)c1cc(O)cc(O)c1C(c1cc(C3OC(c4ccc(O)cc4)C(C(=O)c4ccc(O)cc4O)C3Cc3ccc(O)cc3)c(O)cc1O)C1c3cc(C=CC(=O)c4ccc(O)cc4O)ccc3OC1c1ccc(O)cc1)C(c1ccc(O)cc1)O2)c1ccc(O)cc1O. The highest BCUT2D eigenvalue weighted by atomic mass is 16.5. The molecule has 0 aliphatic carbocycles. The second-order valence-corrected chi connectivity index (χ2v) is 28.0. The lowest BCUT2D eigenvalue weighted by atomic mass is 9.66. The van der Waals surface area contributed by atoms with E-state index in [0.717, 1.165) is 36.4 Å². The molecule has 22 nitrogen and oxygen atoms in total. The van der Waals surface area contributed by atoms with Gasteiger partial charge in [0.2, 0.25) is 0 Å². The summed E-state index contributed by atoms with van der Waals surface area (Å²) in [6, 6.07) is 53.2. The van der Waals surface area contributed by atoms with E-state index in [1.807, 2.05) is 0 Å². The molecule has 0 radical (unpaired) electrons. The number of carbonyl (C=O) groups excluding carboxylic acids is 3. The predicted octanol–water partition coefficient (Wildman–Crippen LogP) is 16.0. The fourth-order valence-corrected chi connectivity index (χ4v) is 16.0. The number of hydrogen-bond acceptors (Lipinski definition) is 22. The molecule has 3 heterocycles. The fraction of sp³-hybridized carbons (Fsp3) is 0.122. The van der Waals surface area contributed by atoms with Crippen molar-refractivity contribution in [3.05, 3.63) is 332 Å². The lowest BCUT2D eigenvalue weighted by molar-refractivity contribution is 0.0253. The summed E-state index contributed by atoms with van der Waals surface area (Å²) in [6.07, 6.45) is 0.162. The van der Waals surface area contributed by atoms with E-state index in [4.69, 9.17) is 14.2 Å². The van der Waals surface area contributed by atoms with Crippen LogP contribution in [0.15, 0.2) is 243 Å². The second kappa shape index (κ2) is 29.6. The third kappa shape index (κ3) is 14.1. The van der Waals surface area contributed by atoms with E-state index in [-0.39, 0.29) is 108 Å². The molecule has 3 aliphatic rings. The Labute approximate surface area is 638 Å². The van der Waals surface area contributed by atoms with E-state index in [0.29, 0.717) is 44.5 Å². The van der Waals surface area contributed by atoms with Crippen LogP contribution in [0, 0.1) is 11.8 Å². The van der Waals surface area contributed by atoms with E-state index in [2.05, 4.69) is 0 Å². The van der Waals surface area contributed by atoms with Crippen LogP contribution in [-0.4, -0.2) is 99.1 Å². The van der Waals surface area contributed by atoms with Gasteiger partial charge >= 0.3 is 0 Å². The Balaban J connectivity index is 1.01. The van der Waals surface area contributed by atoms with Crippen molar-refractivity contribution in [2.24, 2.45) is 11.8 Å². The summed E-state index contributed by atoms with van der Waals surface area (Å²) < 4.78 is 21.4. The molecule has 0 bridgehead atoms. The van der Waals surface area contributed by atoms with Crippen molar-refractivity contribution in [2.45, 2.75) is 54.5 Å². The molecule has 10 atom stereocenters. The van der Waals surface area contributed by atoms with Crippen LogP contribution in [0.2, 0.25) is 0 Å². The van der Waals surface area contributed by atoms with E-state index in [9.17, 15) is 91.3 Å². The van der Waals surface area contributed by atoms with Crippen LogP contribution < -0.4 is 9.47 Å². The molecule has 112 heavy (non-hydrogen) atoms. The summed E-state index contributed by atoms with van der Waals surface area (Å²) in [5.41, 5.74) is 2.35. The van der Waals surface area contributed by atoms with Gasteiger partial charge in [-0.1, -0.05) is 78.9 Å². The summed E-state index contributed by atoms with van der Waals surface area (Å²) >= 11 is 0. The summed E-state index contributed by atoms with van der Waals surface area (Å²) in [5.74, 6) is -15.8. The first kappa shape index (κ1) is 73.0. The lowest BCUT2D eigenvalue weighted by Crippen LogP contribution is -2.27. The van der Waals surface area contributed by atoms with Crippen LogP contribution >= 0.6 is 0 Å². The average Bonchev–Trinajstić information content (AvgIpc) is 1.48. The summed E-state index contributed by atoms with van der Waals surface area (Å²) in [6.45, 7) is 0. The zero-order chi connectivity index (χ0) is 78.7. The van der Waals surface area contributed by atoms with Crippen LogP contribution in [0.1, 0.15) is 151 Å². The summed E-state index contributed by atoms with van der Waals surface area (Å²) in [5, 5.41) is 183. The smallest absolute Gasteiger partial charge is 0.189 e. The van der Waals surface area contributed by atoms with Gasteiger partial charge in [-0.05, 0) is 185 Å². The Kier molecular flexibility index (Phi) is 19.3. The quantitative estimate of drug-likeness (QED) is 0.0249. The monoisotopic (exact) mass is 1500 g/mol. The van der Waals surface area contributed by atoms with E-state index in [1.54, 1.807) is 72.8 Å². The number of rotatable bonds is 20. The Hall–Kier alpha value is -14.5. The highest BCUT2D eigenvalue weighted by Crippen LogP contribution is 2.64. The predicted molar refractivity (Wildman–Crippen MR) is 408 cm³/mol. The maximum atomic E-state index is 15.7. The summed E-state index contributed by atoms with van der Waals surface area (Å²) in [7, 11) is 0. The van der Waals surface area contributed by atoms with Gasteiger partial charge < -0.3 is 95.9 Å². The van der Waals surface area contributed by atoms with Crippen molar-refractivity contribution in [1.29, 1.82) is 0 Å². The normalized spacial score (nSPS) is 18.9. The molecular formula is C90H70O22. The number of fused-ring (bicyclic) bond motifs is 2. The van der Waals surface area contributed by atoms with E-state index < -0.39 is 123 Å². The van der Waals surface area contributed by atoms with Gasteiger partial charge in [0.1, 0.15) is 116 Å². The third-order valence-corrected chi connectivity index (χ3v) is 21.1. The summed E-state index contributed by atoms with van der Waals surface area (Å²) in [4.78, 5) is 43.5. The molecule has 1 saturated heterocycles. The molecule has 1 fully saturated rings. The Morgan fingerprint density at radius 2 is 0.732 bits per heavy atom. The van der Waals surface area contributed by atoms with Crippen LogP contribution in [0.5, 0.6) is 103 Å². The first-order chi connectivity index (χ1) is 53.8. The molecular weight excluding hydrogens is 1430 g/mol. The number of phenolic OH excluding ortho intramolecular Hbond substituents is 16. The van der Waals surface area contributed by atoms with Crippen LogP contribution in [0.3, 0.4) is 0 Å². The number of hydrogen-bond donors (Lipinski definition) is 16. The maximum Gasteiger partial charge on any atom is 0.189 e. The molecule has 22 heteroatoms. The molecule has 0 spiro atoms. The number of allylic oxidation sites excluding steroid dienone is 2. The molecule has 0 amide bonds. The van der Waals surface area contributed by atoms with Crippen LogP contribution in [0.4, 0.5) is 0 Å². The van der Waals surface area contributed by atoms with Gasteiger partial charge in [-0.2, -0.15) is 0 Å². The van der Waals surface area contributed by atoms with E-state index in [1.165, 1.54) is 146 Å². The van der Waals surface area contributed by atoms with Gasteiger partial charge in [-0.3, -0.25) is 14.4 Å². The minimum atomic E-state index is -1.62. The Morgan fingerprint density at radius 3 is 1.21 bits per heavy atom. The van der Waals surface area contributed by atoms with E-state index >= 15 is 4.79 Å². The number of phenols is 16. The third-order valence-electron chi connectivity index (χ3n) is 21.1. The lowest BCUT2D eigenvalue weighted by Gasteiger charge is -2.36. The molecule has 0 saturated carbocycles. The van der Waals surface area contributed by atoms with Gasteiger partial charge in [0, 0.05) is 99.4 Å². The minimum Gasteiger partial charge on any atom is -0.508 e. The first-order valence-electron chi connectivity index (χ1n) is 35.4. The zero-order valence-electron chi connectivity index (χ0n) is 58.8. The van der Waals surface area contributed by atoms with Crippen LogP contribution in [0.25, 0.3) is 12.2 Å². The van der Waals surface area contributed by atoms with Gasteiger partial charge in [0.05, 0.1) is 34.8 Å². The van der Waals surface area contributed by atoms with Crippen molar-refractivity contribution in [1.82, 2.24) is 0 Å². The van der Waals surface area contributed by atoms with Gasteiger partial charge in [-0.25, -0.2) is 0 Å².